The highest BCUT2D eigenvalue weighted by Gasteiger charge is 2.36. The summed E-state index contributed by atoms with van der Waals surface area (Å²) >= 11 is 2.10. The molecule has 14 heteroatoms. The molecule has 0 bridgehead atoms. The predicted molar refractivity (Wildman–Crippen MR) is 197 cm³/mol. The van der Waals surface area contributed by atoms with Gasteiger partial charge in [0, 0.05) is 11.1 Å². The molecule has 4 aromatic carbocycles. The zero-order valence-corrected chi connectivity index (χ0v) is 32.0. The minimum atomic E-state index is -4.72. The Hall–Kier alpha value is -3.50. The fourth-order valence-corrected chi connectivity index (χ4v) is 7.01. The summed E-state index contributed by atoms with van der Waals surface area (Å²) in [4.78, 5) is 0.00538. The maximum atomic E-state index is 13.3. The first kappa shape index (κ1) is 42.7. The van der Waals surface area contributed by atoms with E-state index in [2.05, 4.69) is 22.6 Å². The number of rotatable bonds is 10. The van der Waals surface area contributed by atoms with Crippen LogP contribution in [0.15, 0.2) is 82.6 Å². The van der Waals surface area contributed by atoms with Crippen LogP contribution in [0.5, 0.6) is 23.0 Å². The van der Waals surface area contributed by atoms with Gasteiger partial charge in [0.15, 0.2) is 0 Å². The van der Waals surface area contributed by atoms with E-state index in [-0.39, 0.29) is 40.6 Å². The molecule has 0 aromatic heterocycles. The van der Waals surface area contributed by atoms with E-state index in [1.54, 1.807) is 70.3 Å². The van der Waals surface area contributed by atoms with Crippen LogP contribution in [0.2, 0.25) is 0 Å². The lowest BCUT2D eigenvalue weighted by molar-refractivity contribution is -0.138. The number of hydrogen-bond acceptors (Lipinski definition) is 8. The van der Waals surface area contributed by atoms with Gasteiger partial charge < -0.3 is 17.8 Å². The number of halogens is 4. The lowest BCUT2D eigenvalue weighted by Gasteiger charge is -2.19. The second-order valence-electron chi connectivity index (χ2n) is 11.6. The van der Waals surface area contributed by atoms with Crippen molar-refractivity contribution >= 4 is 42.8 Å². The average molecular weight is 851 g/mol. The topological polar surface area (TPSA) is 105 Å². The fraction of sp³-hybridized carbons (Fsp3) is 0.333. The Kier molecular flexibility index (Phi) is 14.6. The zero-order valence-electron chi connectivity index (χ0n) is 28.2. The molecule has 0 atom stereocenters. The molecular formula is C36H42F3IO8S2. The number of methoxy groups -OCH3 is 2. The summed E-state index contributed by atoms with van der Waals surface area (Å²) in [5, 5.41) is 0. The first-order chi connectivity index (χ1) is 22.7. The molecule has 4 aromatic rings. The summed E-state index contributed by atoms with van der Waals surface area (Å²) in [6.45, 7) is 11.1. The summed E-state index contributed by atoms with van der Waals surface area (Å²) in [5.74, 6) is 0.105. The summed E-state index contributed by atoms with van der Waals surface area (Å²) in [7, 11) is -5.43. The van der Waals surface area contributed by atoms with Crippen LogP contribution in [0.3, 0.4) is 0 Å². The Labute approximate surface area is 307 Å². The van der Waals surface area contributed by atoms with Crippen molar-refractivity contribution in [3.8, 4) is 23.0 Å². The van der Waals surface area contributed by atoms with Crippen molar-refractivity contribution in [3.63, 3.8) is 0 Å². The van der Waals surface area contributed by atoms with Crippen LogP contribution in [-0.2, 0) is 26.4 Å². The van der Waals surface area contributed by atoms with Crippen LogP contribution in [0.25, 0.3) is 0 Å². The summed E-state index contributed by atoms with van der Waals surface area (Å²) in [5.41, 5.74) is 1.82. The molecule has 8 nitrogen and oxygen atoms in total. The molecule has 0 aliphatic heterocycles. The van der Waals surface area contributed by atoms with E-state index in [4.69, 9.17) is 17.8 Å². The van der Waals surface area contributed by atoms with Crippen molar-refractivity contribution in [1.82, 2.24) is 0 Å². The van der Waals surface area contributed by atoms with Gasteiger partial charge in [0.1, 0.15) is 38.4 Å². The Balaban J connectivity index is 0.000000342. The van der Waals surface area contributed by atoms with E-state index >= 15 is 0 Å². The summed E-state index contributed by atoms with van der Waals surface area (Å²) < 4.78 is 111. The monoisotopic (exact) mass is 850 g/mol. The van der Waals surface area contributed by atoms with Gasteiger partial charge in [0.05, 0.1) is 17.8 Å². The number of ether oxygens (including phenoxy) is 2. The number of benzene rings is 4. The second-order valence-corrected chi connectivity index (χ2v) is 15.9. The van der Waals surface area contributed by atoms with E-state index in [0.29, 0.717) is 23.1 Å². The molecule has 0 N–H and O–H groups in total. The van der Waals surface area contributed by atoms with Crippen molar-refractivity contribution < 1.29 is 47.8 Å². The van der Waals surface area contributed by atoms with E-state index < -0.39 is 32.0 Å². The van der Waals surface area contributed by atoms with E-state index in [1.165, 1.54) is 12.1 Å². The third-order valence-corrected chi connectivity index (χ3v) is 10.5. The highest BCUT2D eigenvalue weighted by molar-refractivity contribution is 14.1. The van der Waals surface area contributed by atoms with Crippen LogP contribution in [0, 0.1) is 17.4 Å². The Bertz CT molecular complexity index is 1980. The minimum absolute atomic E-state index is 0. The normalized spacial score (nSPS) is 11.7. The number of hydrogen-bond donors (Lipinski definition) is 0. The molecule has 4 rings (SSSR count). The van der Waals surface area contributed by atoms with Crippen LogP contribution in [0.4, 0.5) is 13.2 Å². The molecule has 0 spiro atoms. The van der Waals surface area contributed by atoms with Gasteiger partial charge in [-0.3, -0.25) is 0 Å². The molecular weight excluding hydrogens is 808 g/mol. The highest BCUT2D eigenvalue weighted by atomic mass is 127. The molecule has 0 heterocycles. The zero-order chi connectivity index (χ0) is 36.9. The first-order valence-corrected chi connectivity index (χ1v) is 18.8. The molecule has 0 saturated carbocycles. The van der Waals surface area contributed by atoms with Gasteiger partial charge >= 0.3 is 26.4 Å². The predicted octanol–water partition coefficient (Wildman–Crippen LogP) is 10.0. The van der Waals surface area contributed by atoms with Gasteiger partial charge in [-0.1, -0.05) is 70.5 Å². The standard InChI is InChI=1S/C18H19F3O4S.C17H19IO4S.CH4/c1-11(2)14-9-17(24-4)15(18(19,20)21)10-16(14)25-26(22,23)13-7-5-12(3)6-8-13;1-11(2)14-9-17(21-4)15(18)10-16(14)22-23(19,20)13-7-5-12(3)6-8-13;/h5-11H,1-4H3;5-11H,1-4H3;1H4. The van der Waals surface area contributed by atoms with Crippen molar-refractivity contribution in [3.05, 3.63) is 104 Å². The van der Waals surface area contributed by atoms with Crippen LogP contribution in [0.1, 0.15) is 74.8 Å². The molecule has 0 saturated heterocycles. The Morgan fingerprint density at radius 1 is 0.600 bits per heavy atom. The quantitative estimate of drug-likeness (QED) is 0.115. The fourth-order valence-electron chi connectivity index (χ4n) is 4.46. The summed E-state index contributed by atoms with van der Waals surface area (Å²) in [6, 6.07) is 17.8. The molecule has 50 heavy (non-hydrogen) atoms. The van der Waals surface area contributed by atoms with E-state index in [9.17, 15) is 30.0 Å². The van der Waals surface area contributed by atoms with E-state index in [0.717, 1.165) is 33.4 Å². The number of aryl methyl sites for hydroxylation is 2. The molecule has 0 radical (unpaired) electrons. The lowest BCUT2D eigenvalue weighted by atomic mass is 9.99. The molecule has 0 amide bonds. The highest BCUT2D eigenvalue weighted by Crippen LogP contribution is 2.43. The average Bonchev–Trinajstić information content (AvgIpc) is 3.00. The number of alkyl halides is 3. The Morgan fingerprint density at radius 2 is 0.960 bits per heavy atom. The van der Waals surface area contributed by atoms with Crippen molar-refractivity contribution in [1.29, 1.82) is 0 Å². The Morgan fingerprint density at radius 3 is 1.30 bits per heavy atom. The summed E-state index contributed by atoms with van der Waals surface area (Å²) in [6.07, 6.45) is -4.72. The second kappa shape index (κ2) is 17.1. The third kappa shape index (κ3) is 10.8. The van der Waals surface area contributed by atoms with Gasteiger partial charge in [-0.15, -0.1) is 0 Å². The maximum absolute atomic E-state index is 13.3. The maximum Gasteiger partial charge on any atom is 0.420 e. The van der Waals surface area contributed by atoms with Gasteiger partial charge in [0.25, 0.3) is 0 Å². The first-order valence-electron chi connectivity index (χ1n) is 14.9. The van der Waals surface area contributed by atoms with Crippen molar-refractivity contribution in [2.75, 3.05) is 14.2 Å². The lowest BCUT2D eigenvalue weighted by Crippen LogP contribution is -2.14. The smallest absolute Gasteiger partial charge is 0.420 e. The van der Waals surface area contributed by atoms with Gasteiger partial charge in [0.2, 0.25) is 0 Å². The molecule has 0 aliphatic rings. The minimum Gasteiger partial charge on any atom is -0.496 e. The van der Waals surface area contributed by atoms with Crippen molar-refractivity contribution in [2.24, 2.45) is 0 Å². The van der Waals surface area contributed by atoms with Gasteiger partial charge in [-0.25, -0.2) is 0 Å². The third-order valence-electron chi connectivity index (χ3n) is 7.18. The van der Waals surface area contributed by atoms with Crippen LogP contribution in [-0.4, -0.2) is 31.1 Å². The van der Waals surface area contributed by atoms with Gasteiger partial charge in [-0.2, -0.15) is 30.0 Å². The largest absolute Gasteiger partial charge is 0.496 e. The van der Waals surface area contributed by atoms with E-state index in [1.807, 2.05) is 26.8 Å². The molecule has 274 valence electrons. The van der Waals surface area contributed by atoms with Crippen molar-refractivity contribution in [2.45, 2.75) is 76.8 Å². The molecule has 0 aliphatic carbocycles. The van der Waals surface area contributed by atoms with Gasteiger partial charge in [-0.05, 0) is 96.8 Å². The van der Waals surface area contributed by atoms with Crippen LogP contribution < -0.4 is 17.8 Å². The SMILES string of the molecule is C.COc1cc(C(C)C)c(OS(=O)(=O)c2ccc(C)cc2)cc1C(F)(F)F.COc1cc(C(C)C)c(OS(=O)(=O)c2ccc(C)cc2)cc1I. The van der Waals surface area contributed by atoms with Crippen LogP contribution >= 0.6 is 22.6 Å². The molecule has 0 unspecified atom stereocenters. The molecule has 0 fully saturated rings.